The van der Waals surface area contributed by atoms with Crippen LogP contribution in [0.3, 0.4) is 0 Å². The SMILES string of the molecule is CCc1nc(C(=O)NC(C)C)c2ccccn12. The van der Waals surface area contributed by atoms with Crippen molar-refractivity contribution in [2.45, 2.75) is 33.2 Å². The van der Waals surface area contributed by atoms with Gasteiger partial charge in [-0.2, -0.15) is 0 Å². The van der Waals surface area contributed by atoms with Gasteiger partial charge in [0.15, 0.2) is 5.69 Å². The standard InChI is InChI=1S/C13H17N3O/c1-4-11-15-12(13(17)14-9(2)3)10-7-5-6-8-16(10)11/h5-9H,4H2,1-3H3,(H,14,17). The Morgan fingerprint density at radius 3 is 2.88 bits per heavy atom. The van der Waals surface area contributed by atoms with Crippen molar-refractivity contribution in [3.05, 3.63) is 35.9 Å². The van der Waals surface area contributed by atoms with Crippen LogP contribution in [-0.2, 0) is 6.42 Å². The molecule has 0 aliphatic carbocycles. The zero-order chi connectivity index (χ0) is 12.4. The van der Waals surface area contributed by atoms with Crippen molar-refractivity contribution in [2.75, 3.05) is 0 Å². The molecular formula is C13H17N3O. The number of carbonyl (C=O) groups is 1. The van der Waals surface area contributed by atoms with Gasteiger partial charge in [0.1, 0.15) is 5.82 Å². The predicted molar refractivity (Wildman–Crippen MR) is 67.2 cm³/mol. The van der Waals surface area contributed by atoms with Crippen molar-refractivity contribution in [2.24, 2.45) is 0 Å². The number of amides is 1. The quantitative estimate of drug-likeness (QED) is 0.878. The van der Waals surface area contributed by atoms with E-state index in [1.165, 1.54) is 0 Å². The van der Waals surface area contributed by atoms with Crippen molar-refractivity contribution in [3.63, 3.8) is 0 Å². The molecule has 0 fully saturated rings. The highest BCUT2D eigenvalue weighted by Gasteiger charge is 2.16. The molecule has 0 aliphatic rings. The molecule has 0 atom stereocenters. The number of nitrogens with zero attached hydrogens (tertiary/aromatic N) is 2. The number of pyridine rings is 1. The van der Waals surface area contributed by atoms with Crippen LogP contribution in [0.25, 0.3) is 5.52 Å². The lowest BCUT2D eigenvalue weighted by Gasteiger charge is -2.06. The first kappa shape index (κ1) is 11.6. The molecule has 0 saturated heterocycles. The molecule has 0 saturated carbocycles. The summed E-state index contributed by atoms with van der Waals surface area (Å²) in [5.74, 6) is 0.804. The summed E-state index contributed by atoms with van der Waals surface area (Å²) < 4.78 is 1.97. The molecule has 2 aromatic rings. The van der Waals surface area contributed by atoms with Crippen LogP contribution in [0.5, 0.6) is 0 Å². The number of aryl methyl sites for hydroxylation is 1. The van der Waals surface area contributed by atoms with Crippen molar-refractivity contribution >= 4 is 11.4 Å². The van der Waals surface area contributed by atoms with E-state index in [0.29, 0.717) is 5.69 Å². The second kappa shape index (κ2) is 4.57. The molecule has 0 radical (unpaired) electrons. The first-order chi connectivity index (χ1) is 8.13. The number of rotatable bonds is 3. The maximum Gasteiger partial charge on any atom is 0.272 e. The fourth-order valence-corrected chi connectivity index (χ4v) is 1.85. The van der Waals surface area contributed by atoms with Crippen LogP contribution in [0.2, 0.25) is 0 Å². The second-order valence-corrected chi connectivity index (χ2v) is 4.31. The van der Waals surface area contributed by atoms with Crippen LogP contribution in [0.15, 0.2) is 24.4 Å². The summed E-state index contributed by atoms with van der Waals surface area (Å²) >= 11 is 0. The molecule has 0 spiro atoms. The first-order valence-electron chi connectivity index (χ1n) is 5.90. The van der Waals surface area contributed by atoms with Gasteiger partial charge in [0.25, 0.3) is 5.91 Å². The van der Waals surface area contributed by atoms with Crippen molar-refractivity contribution in [1.29, 1.82) is 0 Å². The number of hydrogen-bond donors (Lipinski definition) is 1. The lowest BCUT2D eigenvalue weighted by Crippen LogP contribution is -2.30. The third-order valence-electron chi connectivity index (χ3n) is 2.57. The van der Waals surface area contributed by atoms with Gasteiger partial charge in [-0.3, -0.25) is 4.79 Å². The number of imidazole rings is 1. The molecule has 0 aromatic carbocycles. The number of aromatic nitrogens is 2. The van der Waals surface area contributed by atoms with Crippen LogP contribution in [-0.4, -0.2) is 21.3 Å². The number of hydrogen-bond acceptors (Lipinski definition) is 2. The minimum Gasteiger partial charge on any atom is -0.348 e. The molecule has 4 heteroatoms. The van der Waals surface area contributed by atoms with Gasteiger partial charge in [-0.25, -0.2) is 4.98 Å². The van der Waals surface area contributed by atoms with Gasteiger partial charge in [-0.15, -0.1) is 0 Å². The van der Waals surface area contributed by atoms with Gasteiger partial charge in [0, 0.05) is 18.7 Å². The van der Waals surface area contributed by atoms with E-state index >= 15 is 0 Å². The fraction of sp³-hybridized carbons (Fsp3) is 0.385. The first-order valence-corrected chi connectivity index (χ1v) is 5.90. The molecule has 2 rings (SSSR count). The minimum atomic E-state index is -0.108. The fourth-order valence-electron chi connectivity index (χ4n) is 1.85. The average Bonchev–Trinajstić information content (AvgIpc) is 2.67. The highest BCUT2D eigenvalue weighted by Crippen LogP contribution is 2.13. The Hall–Kier alpha value is -1.84. The summed E-state index contributed by atoms with van der Waals surface area (Å²) in [6.07, 6.45) is 2.74. The smallest absolute Gasteiger partial charge is 0.272 e. The van der Waals surface area contributed by atoms with E-state index < -0.39 is 0 Å². The van der Waals surface area contributed by atoms with Gasteiger partial charge >= 0.3 is 0 Å². The molecule has 4 nitrogen and oxygen atoms in total. The molecule has 0 bridgehead atoms. The zero-order valence-electron chi connectivity index (χ0n) is 10.4. The van der Waals surface area contributed by atoms with E-state index in [0.717, 1.165) is 17.8 Å². The molecule has 17 heavy (non-hydrogen) atoms. The van der Waals surface area contributed by atoms with E-state index in [4.69, 9.17) is 0 Å². The topological polar surface area (TPSA) is 46.4 Å². The summed E-state index contributed by atoms with van der Waals surface area (Å²) in [5.41, 5.74) is 1.37. The van der Waals surface area contributed by atoms with Gasteiger partial charge in [-0.1, -0.05) is 13.0 Å². The summed E-state index contributed by atoms with van der Waals surface area (Å²) in [5, 5.41) is 2.87. The third-order valence-corrected chi connectivity index (χ3v) is 2.57. The summed E-state index contributed by atoms with van der Waals surface area (Å²) in [6.45, 7) is 5.92. The number of fused-ring (bicyclic) bond motifs is 1. The molecular weight excluding hydrogens is 214 g/mol. The van der Waals surface area contributed by atoms with Crippen molar-refractivity contribution in [3.8, 4) is 0 Å². The molecule has 0 unspecified atom stereocenters. The van der Waals surface area contributed by atoms with Gasteiger partial charge < -0.3 is 9.72 Å². The molecule has 1 amide bonds. The zero-order valence-corrected chi connectivity index (χ0v) is 10.4. The van der Waals surface area contributed by atoms with Crippen LogP contribution < -0.4 is 5.32 Å². The van der Waals surface area contributed by atoms with Gasteiger partial charge in [0.05, 0.1) is 5.52 Å². The Labute approximate surface area is 101 Å². The van der Waals surface area contributed by atoms with Gasteiger partial charge in [0.2, 0.25) is 0 Å². The predicted octanol–water partition coefficient (Wildman–Crippen LogP) is 2.03. The van der Waals surface area contributed by atoms with Gasteiger partial charge in [-0.05, 0) is 26.0 Å². The Balaban J connectivity index is 2.50. The average molecular weight is 231 g/mol. The monoisotopic (exact) mass is 231 g/mol. The number of nitrogens with one attached hydrogen (secondary N) is 1. The lowest BCUT2D eigenvalue weighted by atomic mass is 10.3. The third kappa shape index (κ3) is 2.16. The Kier molecular flexibility index (Phi) is 3.13. The second-order valence-electron chi connectivity index (χ2n) is 4.31. The van der Waals surface area contributed by atoms with Crippen LogP contribution >= 0.6 is 0 Å². The molecule has 0 aliphatic heterocycles. The summed E-state index contributed by atoms with van der Waals surface area (Å²) in [4.78, 5) is 16.4. The van der Waals surface area contributed by atoms with E-state index in [2.05, 4.69) is 10.3 Å². The van der Waals surface area contributed by atoms with Crippen LogP contribution in [0.4, 0.5) is 0 Å². The normalized spacial score (nSPS) is 11.1. The number of carbonyl (C=O) groups excluding carboxylic acids is 1. The summed E-state index contributed by atoms with van der Waals surface area (Å²) in [6, 6.07) is 5.90. The highest BCUT2D eigenvalue weighted by molar-refractivity contribution is 5.99. The molecule has 2 aromatic heterocycles. The van der Waals surface area contributed by atoms with E-state index in [9.17, 15) is 4.79 Å². The largest absolute Gasteiger partial charge is 0.348 e. The Bertz CT molecular complexity index is 543. The van der Waals surface area contributed by atoms with Crippen molar-refractivity contribution < 1.29 is 4.79 Å². The van der Waals surface area contributed by atoms with E-state index in [1.807, 2.05) is 49.6 Å². The van der Waals surface area contributed by atoms with E-state index in [-0.39, 0.29) is 11.9 Å². The molecule has 90 valence electrons. The van der Waals surface area contributed by atoms with E-state index in [1.54, 1.807) is 0 Å². The Morgan fingerprint density at radius 1 is 1.47 bits per heavy atom. The Morgan fingerprint density at radius 2 is 2.24 bits per heavy atom. The molecule has 1 N–H and O–H groups in total. The molecule has 2 heterocycles. The van der Waals surface area contributed by atoms with Crippen molar-refractivity contribution in [1.82, 2.24) is 14.7 Å². The van der Waals surface area contributed by atoms with Crippen LogP contribution in [0.1, 0.15) is 37.1 Å². The highest BCUT2D eigenvalue weighted by atomic mass is 16.2. The maximum absolute atomic E-state index is 12.0. The minimum absolute atomic E-state index is 0.108. The summed E-state index contributed by atoms with van der Waals surface area (Å²) in [7, 11) is 0. The lowest BCUT2D eigenvalue weighted by molar-refractivity contribution is 0.0940. The van der Waals surface area contributed by atoms with Crippen LogP contribution in [0, 0.1) is 0 Å². The maximum atomic E-state index is 12.0.